The van der Waals surface area contributed by atoms with Crippen LogP contribution in [0.5, 0.6) is 0 Å². The topological polar surface area (TPSA) is 105 Å². The zero-order valence-corrected chi connectivity index (χ0v) is 21.0. The molecule has 36 heavy (non-hydrogen) atoms. The third-order valence-electron chi connectivity index (χ3n) is 6.76. The first kappa shape index (κ1) is 26.7. The molecule has 1 fully saturated rings. The highest BCUT2D eigenvalue weighted by Gasteiger charge is 2.32. The quantitative estimate of drug-likeness (QED) is 0.467. The molecule has 196 valence electrons. The second-order valence-corrected chi connectivity index (χ2v) is 11.7. The maximum Gasteiger partial charge on any atom is 0.249 e. The lowest BCUT2D eigenvalue weighted by atomic mass is 9.97. The molecule has 2 aromatic rings. The van der Waals surface area contributed by atoms with Crippen LogP contribution in [0.25, 0.3) is 0 Å². The number of aliphatic hydroxyl groups is 1. The molecule has 1 amide bonds. The van der Waals surface area contributed by atoms with E-state index in [4.69, 9.17) is 4.74 Å². The van der Waals surface area contributed by atoms with Crippen molar-refractivity contribution in [1.82, 2.24) is 10.6 Å². The zero-order valence-electron chi connectivity index (χ0n) is 20.2. The smallest absolute Gasteiger partial charge is 0.249 e. The Hall–Kier alpha value is -2.40. The number of aliphatic hydroxyl groups excluding tert-OH is 1. The average Bonchev–Trinajstić information content (AvgIpc) is 3.35. The van der Waals surface area contributed by atoms with Crippen molar-refractivity contribution < 1.29 is 31.8 Å². The van der Waals surface area contributed by atoms with Crippen LogP contribution in [0, 0.1) is 11.6 Å². The van der Waals surface area contributed by atoms with Crippen molar-refractivity contribution in [1.29, 1.82) is 0 Å². The van der Waals surface area contributed by atoms with Crippen LogP contribution in [0.15, 0.2) is 36.4 Å². The Morgan fingerprint density at radius 1 is 1.17 bits per heavy atom. The maximum atomic E-state index is 13.8. The number of carbonyl (C=O) groups excluding carboxylic acids is 1. The van der Waals surface area contributed by atoms with Gasteiger partial charge < -0.3 is 20.5 Å². The number of halogens is 2. The van der Waals surface area contributed by atoms with Gasteiger partial charge in [-0.15, -0.1) is 0 Å². The second-order valence-electron chi connectivity index (χ2n) is 9.57. The Kier molecular flexibility index (Phi) is 8.39. The van der Waals surface area contributed by atoms with Crippen molar-refractivity contribution in [3.8, 4) is 0 Å². The Balaban J connectivity index is 1.51. The van der Waals surface area contributed by atoms with Gasteiger partial charge in [-0.05, 0) is 60.1 Å². The summed E-state index contributed by atoms with van der Waals surface area (Å²) in [4.78, 5) is 12.7. The van der Waals surface area contributed by atoms with Gasteiger partial charge in [0.15, 0.2) is 9.84 Å². The molecule has 7 nitrogen and oxygen atoms in total. The molecule has 3 N–H and O–H groups in total. The maximum absolute atomic E-state index is 13.8. The molecule has 1 saturated heterocycles. The monoisotopic (exact) mass is 522 g/mol. The first-order valence-corrected chi connectivity index (χ1v) is 14.1. The van der Waals surface area contributed by atoms with E-state index in [0.717, 1.165) is 47.7 Å². The minimum absolute atomic E-state index is 0.0183. The van der Waals surface area contributed by atoms with E-state index in [1.807, 2.05) is 25.1 Å². The molecular formula is C26H32F2N2O5S. The van der Waals surface area contributed by atoms with Gasteiger partial charge >= 0.3 is 0 Å². The Labute approximate surface area is 210 Å². The zero-order chi connectivity index (χ0) is 25.9. The number of nitrogens with one attached hydrogen (secondary N) is 2. The summed E-state index contributed by atoms with van der Waals surface area (Å²) in [6.45, 7) is 2.45. The normalized spacial score (nSPS) is 22.6. The fourth-order valence-corrected chi connectivity index (χ4v) is 6.52. The lowest BCUT2D eigenvalue weighted by Gasteiger charge is -2.30. The SMILES string of the molecule is CCc1ccc2c(c1)[C@@H](NC[C@@H](O)[C@H](Cc1cc(F)cc(F)c1)NC(=O)C1CCCO1)CS(=O)(=O)C2. The molecule has 2 aliphatic rings. The summed E-state index contributed by atoms with van der Waals surface area (Å²) >= 11 is 0. The number of rotatable bonds is 9. The molecule has 10 heteroatoms. The predicted molar refractivity (Wildman–Crippen MR) is 131 cm³/mol. The van der Waals surface area contributed by atoms with Crippen LogP contribution in [0.3, 0.4) is 0 Å². The summed E-state index contributed by atoms with van der Waals surface area (Å²) in [5.41, 5.74) is 2.96. The van der Waals surface area contributed by atoms with Gasteiger partial charge in [-0.3, -0.25) is 4.79 Å². The van der Waals surface area contributed by atoms with Gasteiger partial charge in [-0.2, -0.15) is 0 Å². The molecule has 0 saturated carbocycles. The van der Waals surface area contributed by atoms with Crippen LogP contribution in [0.2, 0.25) is 0 Å². The molecule has 0 spiro atoms. The number of benzene rings is 2. The van der Waals surface area contributed by atoms with E-state index >= 15 is 0 Å². The molecule has 2 aromatic carbocycles. The molecular weight excluding hydrogens is 490 g/mol. The highest BCUT2D eigenvalue weighted by molar-refractivity contribution is 7.90. The fraction of sp³-hybridized carbons (Fsp3) is 0.500. The molecule has 0 aliphatic carbocycles. The van der Waals surface area contributed by atoms with Gasteiger partial charge in [0.05, 0.1) is 23.7 Å². The summed E-state index contributed by atoms with van der Waals surface area (Å²) in [5, 5.41) is 17.0. The number of amides is 1. The number of carbonyl (C=O) groups is 1. The first-order chi connectivity index (χ1) is 17.1. The summed E-state index contributed by atoms with van der Waals surface area (Å²) in [6.07, 6.45) is 0.283. The molecule has 1 unspecified atom stereocenters. The highest BCUT2D eigenvalue weighted by atomic mass is 32.2. The summed E-state index contributed by atoms with van der Waals surface area (Å²) < 4.78 is 58.0. The molecule has 0 bridgehead atoms. The summed E-state index contributed by atoms with van der Waals surface area (Å²) in [7, 11) is -3.33. The number of ether oxygens (including phenoxy) is 1. The van der Waals surface area contributed by atoms with Crippen LogP contribution < -0.4 is 10.6 Å². The Morgan fingerprint density at radius 2 is 1.92 bits per heavy atom. The van der Waals surface area contributed by atoms with Crippen LogP contribution in [-0.2, 0) is 38.0 Å². The minimum atomic E-state index is -3.33. The molecule has 4 atom stereocenters. The van der Waals surface area contributed by atoms with Gasteiger partial charge in [0, 0.05) is 25.3 Å². The first-order valence-electron chi connectivity index (χ1n) is 12.2. The lowest BCUT2D eigenvalue weighted by Crippen LogP contribution is -2.52. The molecule has 2 aliphatic heterocycles. The molecule has 0 radical (unpaired) electrons. The molecule has 0 aromatic heterocycles. The summed E-state index contributed by atoms with van der Waals surface area (Å²) in [6, 6.07) is 7.40. The van der Waals surface area contributed by atoms with E-state index in [2.05, 4.69) is 10.6 Å². The number of hydrogen-bond donors (Lipinski definition) is 3. The van der Waals surface area contributed by atoms with E-state index in [-0.39, 0.29) is 30.0 Å². The van der Waals surface area contributed by atoms with E-state index in [1.165, 1.54) is 0 Å². The fourth-order valence-electron chi connectivity index (χ4n) is 4.86. The average molecular weight is 523 g/mol. The highest BCUT2D eigenvalue weighted by Crippen LogP contribution is 2.29. The van der Waals surface area contributed by atoms with Crippen molar-refractivity contribution in [2.45, 2.75) is 62.7 Å². The Bertz CT molecular complexity index is 1180. The standard InChI is InChI=1S/C26H32F2N2O5S/c1-2-16-5-6-18-14-36(33,34)15-23(21(18)10-16)29-13-24(31)22(30-26(32)25-4-3-7-35-25)11-17-8-19(27)12-20(28)9-17/h5-6,8-10,12,22-25,29,31H,2-4,7,11,13-15H2,1H3,(H,30,32)/t22-,23-,24+,25?/m0/s1. The van der Waals surface area contributed by atoms with Crippen molar-refractivity contribution in [3.63, 3.8) is 0 Å². The summed E-state index contributed by atoms with van der Waals surface area (Å²) in [5.74, 6) is -2.04. The van der Waals surface area contributed by atoms with Crippen LogP contribution >= 0.6 is 0 Å². The van der Waals surface area contributed by atoms with Crippen molar-refractivity contribution in [2.75, 3.05) is 18.9 Å². The third-order valence-corrected chi connectivity index (χ3v) is 8.35. The van der Waals surface area contributed by atoms with E-state index in [0.29, 0.717) is 13.0 Å². The van der Waals surface area contributed by atoms with Gasteiger partial charge in [-0.25, -0.2) is 17.2 Å². The number of hydrogen-bond acceptors (Lipinski definition) is 6. The third kappa shape index (κ3) is 6.67. The van der Waals surface area contributed by atoms with Crippen molar-refractivity contribution in [3.05, 3.63) is 70.3 Å². The molecule has 4 rings (SSSR count). The van der Waals surface area contributed by atoms with Crippen LogP contribution in [0.1, 0.15) is 48.1 Å². The van der Waals surface area contributed by atoms with Gasteiger partial charge in [0.1, 0.15) is 17.7 Å². The number of aryl methyl sites for hydroxylation is 1. The van der Waals surface area contributed by atoms with Crippen molar-refractivity contribution in [2.24, 2.45) is 0 Å². The molecule has 2 heterocycles. The Morgan fingerprint density at radius 3 is 2.58 bits per heavy atom. The van der Waals surface area contributed by atoms with Gasteiger partial charge in [-0.1, -0.05) is 25.1 Å². The lowest BCUT2D eigenvalue weighted by molar-refractivity contribution is -0.131. The largest absolute Gasteiger partial charge is 0.390 e. The van der Waals surface area contributed by atoms with E-state index in [9.17, 15) is 27.1 Å². The minimum Gasteiger partial charge on any atom is -0.390 e. The van der Waals surface area contributed by atoms with Gasteiger partial charge in [0.25, 0.3) is 0 Å². The van der Waals surface area contributed by atoms with Crippen LogP contribution in [0.4, 0.5) is 8.78 Å². The van der Waals surface area contributed by atoms with E-state index < -0.39 is 51.7 Å². The predicted octanol–water partition coefficient (Wildman–Crippen LogP) is 2.35. The van der Waals surface area contributed by atoms with Crippen molar-refractivity contribution >= 4 is 15.7 Å². The number of sulfone groups is 1. The van der Waals surface area contributed by atoms with Gasteiger partial charge in [0.2, 0.25) is 5.91 Å². The van der Waals surface area contributed by atoms with E-state index in [1.54, 1.807) is 0 Å². The van der Waals surface area contributed by atoms with Crippen LogP contribution in [-0.4, -0.2) is 56.6 Å². The number of fused-ring (bicyclic) bond motifs is 1. The second kappa shape index (κ2) is 11.3.